The molecule has 0 bridgehead atoms. The van der Waals surface area contributed by atoms with Crippen LogP contribution in [0.4, 0.5) is 4.79 Å². The number of hydrogen-bond donors (Lipinski definition) is 5. The van der Waals surface area contributed by atoms with E-state index in [9.17, 15) is 28.2 Å². The highest BCUT2D eigenvalue weighted by atomic mass is 32.2. The molecule has 0 radical (unpaired) electrons. The van der Waals surface area contributed by atoms with Crippen molar-refractivity contribution in [2.24, 2.45) is 22.7 Å². The van der Waals surface area contributed by atoms with Gasteiger partial charge in [0.2, 0.25) is 17.6 Å². The number of ketones is 1. The van der Waals surface area contributed by atoms with E-state index >= 15 is 0 Å². The molecule has 0 aliphatic carbocycles. The van der Waals surface area contributed by atoms with E-state index in [1.54, 1.807) is 6.26 Å². The second-order valence-electron chi connectivity index (χ2n) is 15.5. The van der Waals surface area contributed by atoms with E-state index in [4.69, 9.17) is 6.42 Å². The van der Waals surface area contributed by atoms with Gasteiger partial charge in [-0.2, -0.15) is 0 Å². The molecule has 0 spiro atoms. The van der Waals surface area contributed by atoms with Crippen molar-refractivity contribution in [1.29, 1.82) is 0 Å². The molecule has 6 N–H and O–H groups in total. The number of thiol groups is 1. The molecule has 1 fully saturated rings. The molecule has 1 aliphatic rings. The van der Waals surface area contributed by atoms with Crippen LogP contribution in [-0.2, 0) is 34.2 Å². The summed E-state index contributed by atoms with van der Waals surface area (Å²) in [4.78, 5) is 68.8. The number of nitrogens with two attached hydrogens (primary N) is 1. The molecule has 0 aromatic rings. The van der Waals surface area contributed by atoms with Crippen LogP contribution in [0.2, 0.25) is 0 Å². The van der Waals surface area contributed by atoms with Crippen LogP contribution in [0.15, 0.2) is 12.7 Å². The highest BCUT2D eigenvalue weighted by Crippen LogP contribution is 2.33. The second kappa shape index (κ2) is 20.4. The standard InChI is InChI=1S/C36H62N6O6S/c1-12-14-17-26(29(43)32(45)38-19-13-2)39-31(44)28-25(24(3)4)18-21-42(28)33(46)30(36(8,9)10)41-34(47)40-27(35(5,6)7)23-37-20-15-16-22-49(11)48/h1,13,24-28,30,37H,2,14-23H2,3-11H3,(H,38,45)(H,39,44)(H2,40,41,47)/p+2/t25-,26?,27-,28+,30-,49?/m1/s1. The number of hydrogen-bond acceptors (Lipinski definition) is 6. The molecule has 0 aromatic heterocycles. The van der Waals surface area contributed by atoms with Crippen LogP contribution < -0.4 is 26.6 Å². The molecule has 1 saturated heterocycles. The van der Waals surface area contributed by atoms with Crippen molar-refractivity contribution in [3.8, 4) is 12.3 Å². The summed E-state index contributed by atoms with van der Waals surface area (Å²) in [6.45, 7) is 21.1. The van der Waals surface area contributed by atoms with E-state index in [1.807, 2.05) is 55.4 Å². The zero-order chi connectivity index (χ0) is 37.5. The van der Waals surface area contributed by atoms with Gasteiger partial charge in [0.1, 0.15) is 17.8 Å². The molecule has 5 amide bonds. The summed E-state index contributed by atoms with van der Waals surface area (Å²) < 4.78 is 11.4. The number of quaternary nitrogens is 1. The smallest absolute Gasteiger partial charge is 0.315 e. The van der Waals surface area contributed by atoms with Crippen molar-refractivity contribution < 1.29 is 33.5 Å². The zero-order valence-corrected chi connectivity index (χ0v) is 32.2. The van der Waals surface area contributed by atoms with Crippen LogP contribution in [0, 0.1) is 35.0 Å². The Balaban J connectivity index is 3.22. The highest BCUT2D eigenvalue weighted by molar-refractivity contribution is 7.84. The summed E-state index contributed by atoms with van der Waals surface area (Å²) in [5.41, 5.74) is -0.968. The molecule has 1 rings (SSSR count). The Morgan fingerprint density at radius 3 is 2.22 bits per heavy atom. The van der Waals surface area contributed by atoms with Crippen LogP contribution in [0.5, 0.6) is 0 Å². The highest BCUT2D eigenvalue weighted by Gasteiger charge is 2.48. The Morgan fingerprint density at radius 1 is 1.04 bits per heavy atom. The summed E-state index contributed by atoms with van der Waals surface area (Å²) in [6.07, 6.45) is 11.2. The predicted octanol–water partition coefficient (Wildman–Crippen LogP) is 1.43. The van der Waals surface area contributed by atoms with Crippen LogP contribution >= 0.6 is 0 Å². The summed E-state index contributed by atoms with van der Waals surface area (Å²) >= 11 is 0. The number of nitrogens with one attached hydrogen (secondary N) is 4. The monoisotopic (exact) mass is 708 g/mol. The van der Waals surface area contributed by atoms with Gasteiger partial charge in [0.25, 0.3) is 5.91 Å². The molecular weight excluding hydrogens is 644 g/mol. The Kier molecular flexibility index (Phi) is 18.3. The maximum absolute atomic E-state index is 14.3. The van der Waals surface area contributed by atoms with Crippen molar-refractivity contribution in [3.63, 3.8) is 0 Å². The minimum atomic E-state index is -1.16. The number of rotatable bonds is 19. The average molecular weight is 709 g/mol. The Bertz CT molecular complexity index is 1220. The molecule has 278 valence electrons. The number of amides is 5. The molecule has 0 saturated carbocycles. The first-order valence-electron chi connectivity index (χ1n) is 17.5. The van der Waals surface area contributed by atoms with Gasteiger partial charge in [0.05, 0.1) is 42.2 Å². The van der Waals surface area contributed by atoms with Crippen LogP contribution in [0.25, 0.3) is 0 Å². The lowest BCUT2D eigenvalue weighted by Crippen LogP contribution is -2.88. The van der Waals surface area contributed by atoms with Gasteiger partial charge in [-0.05, 0) is 41.9 Å². The number of nitrogens with zero attached hydrogens (tertiary/aromatic N) is 1. The molecule has 12 nitrogen and oxygen atoms in total. The Morgan fingerprint density at radius 2 is 1.69 bits per heavy atom. The minimum absolute atomic E-state index is 0.0297. The summed E-state index contributed by atoms with van der Waals surface area (Å²) in [6, 6.07) is -3.72. The third-order valence-electron chi connectivity index (χ3n) is 8.97. The summed E-state index contributed by atoms with van der Waals surface area (Å²) in [5.74, 6) is 0.371. The van der Waals surface area contributed by atoms with Gasteiger partial charge in [0, 0.05) is 25.9 Å². The Labute approximate surface area is 297 Å². The fraction of sp³-hybridized carbons (Fsp3) is 0.750. The van der Waals surface area contributed by atoms with Crippen molar-refractivity contribution in [2.45, 2.75) is 112 Å². The van der Waals surface area contributed by atoms with Crippen molar-refractivity contribution in [2.75, 3.05) is 38.2 Å². The largest absolute Gasteiger partial charge is 0.346 e. The average Bonchev–Trinajstić information content (AvgIpc) is 3.45. The fourth-order valence-electron chi connectivity index (χ4n) is 5.94. The number of terminal acetylenes is 1. The van der Waals surface area contributed by atoms with Gasteiger partial charge < -0.3 is 31.5 Å². The Hall–Kier alpha value is -3.24. The normalized spacial score (nSPS) is 18.8. The van der Waals surface area contributed by atoms with Gasteiger partial charge in [-0.1, -0.05) is 61.5 Å². The summed E-state index contributed by atoms with van der Waals surface area (Å²) in [5, 5.41) is 13.3. The van der Waals surface area contributed by atoms with E-state index < -0.39 is 63.9 Å². The fourth-order valence-corrected chi connectivity index (χ4v) is 6.61. The van der Waals surface area contributed by atoms with E-state index in [0.29, 0.717) is 25.3 Å². The predicted molar refractivity (Wildman–Crippen MR) is 196 cm³/mol. The topological polar surface area (TPSA) is 170 Å². The number of urea groups is 1. The van der Waals surface area contributed by atoms with Gasteiger partial charge in [0.15, 0.2) is 0 Å². The minimum Gasteiger partial charge on any atom is -0.346 e. The lowest BCUT2D eigenvalue weighted by molar-refractivity contribution is -0.658. The molecule has 2 unspecified atom stereocenters. The van der Waals surface area contributed by atoms with Crippen LogP contribution in [-0.4, -0.2) is 96.8 Å². The van der Waals surface area contributed by atoms with Crippen molar-refractivity contribution in [3.05, 3.63) is 12.7 Å². The lowest BCUT2D eigenvalue weighted by Gasteiger charge is -2.37. The number of unbranched alkanes of at least 4 members (excludes halogenated alkanes) is 1. The second-order valence-corrected chi connectivity index (χ2v) is 17.3. The SMILES string of the molecule is C#CCCC(NC(=O)[C@@H]1[C@@H](C(C)C)CCN1C(=O)[C@@H](NC(=O)N[C@H](C[NH2+]CCCC[SH+](C)=O)C(C)(C)C)C(C)(C)C)C(=O)C(=O)NCC=C. The number of Topliss-reactive ketones (excluding diaryl/α,β-unsaturated/α-hetero) is 1. The maximum Gasteiger partial charge on any atom is 0.315 e. The number of carbonyl (C=O) groups is 5. The molecule has 1 heterocycles. The lowest BCUT2D eigenvalue weighted by atomic mass is 9.84. The molecule has 0 aromatic carbocycles. The first-order valence-corrected chi connectivity index (χ1v) is 19.4. The first kappa shape index (κ1) is 43.8. The third-order valence-corrected chi connectivity index (χ3v) is 9.91. The van der Waals surface area contributed by atoms with E-state index in [1.165, 1.54) is 11.0 Å². The molecular formula is C36H64N6O6S+2. The van der Waals surface area contributed by atoms with Crippen LogP contribution in [0.1, 0.15) is 87.5 Å². The van der Waals surface area contributed by atoms with Gasteiger partial charge in [-0.15, -0.1) is 23.1 Å². The van der Waals surface area contributed by atoms with Crippen LogP contribution in [0.3, 0.4) is 0 Å². The molecule has 13 heteroatoms. The van der Waals surface area contributed by atoms with Gasteiger partial charge in [-0.3, -0.25) is 19.2 Å². The van der Waals surface area contributed by atoms with Crippen molar-refractivity contribution >= 4 is 40.3 Å². The van der Waals surface area contributed by atoms with E-state index in [-0.39, 0.29) is 42.7 Å². The van der Waals surface area contributed by atoms with Gasteiger partial charge in [-0.25, -0.2) is 4.79 Å². The number of carbonyl (C=O) groups excluding carboxylic acids is 5. The van der Waals surface area contributed by atoms with Crippen molar-refractivity contribution in [1.82, 2.24) is 26.2 Å². The van der Waals surface area contributed by atoms with E-state index in [2.05, 4.69) is 39.1 Å². The molecule has 6 atom stereocenters. The number of likely N-dealkylation sites (tertiary alicyclic amines) is 1. The quantitative estimate of drug-likeness (QED) is 0.0340. The zero-order valence-electron chi connectivity index (χ0n) is 31.3. The summed E-state index contributed by atoms with van der Waals surface area (Å²) in [7, 11) is -1.14. The van der Waals surface area contributed by atoms with Gasteiger partial charge >= 0.3 is 6.03 Å². The molecule has 49 heavy (non-hydrogen) atoms. The maximum atomic E-state index is 14.3. The van der Waals surface area contributed by atoms with E-state index in [0.717, 1.165) is 19.4 Å². The third kappa shape index (κ3) is 14.6. The first-order chi connectivity index (χ1) is 22.8. The molecule has 1 aliphatic heterocycles.